The van der Waals surface area contributed by atoms with Crippen molar-refractivity contribution in [3.63, 3.8) is 0 Å². The van der Waals surface area contributed by atoms with E-state index >= 15 is 0 Å². The van der Waals surface area contributed by atoms with Crippen LogP contribution in [0.25, 0.3) is 0 Å². The second-order valence-corrected chi connectivity index (χ2v) is 5.70. The summed E-state index contributed by atoms with van der Waals surface area (Å²) in [5.41, 5.74) is 9.03. The summed E-state index contributed by atoms with van der Waals surface area (Å²) in [4.78, 5) is 13.0. The van der Waals surface area contributed by atoms with Gasteiger partial charge in [0, 0.05) is 23.4 Å². The quantitative estimate of drug-likeness (QED) is 0.522. The second kappa shape index (κ2) is 6.67. The summed E-state index contributed by atoms with van der Waals surface area (Å²) in [6, 6.07) is 5.92. The van der Waals surface area contributed by atoms with Crippen LogP contribution in [0.5, 0.6) is 0 Å². The average molecular weight is 305 g/mol. The molecule has 6 heteroatoms. The number of thioether (sulfide) groups is 1. The van der Waals surface area contributed by atoms with E-state index in [2.05, 4.69) is 5.10 Å². The van der Waals surface area contributed by atoms with Gasteiger partial charge in [0.1, 0.15) is 5.56 Å². The van der Waals surface area contributed by atoms with E-state index in [9.17, 15) is 4.79 Å². The van der Waals surface area contributed by atoms with Crippen molar-refractivity contribution < 1.29 is 9.53 Å². The molecule has 1 heterocycles. The van der Waals surface area contributed by atoms with Gasteiger partial charge in [-0.25, -0.2) is 4.79 Å². The second-order valence-electron chi connectivity index (χ2n) is 4.66. The van der Waals surface area contributed by atoms with Crippen LogP contribution in [-0.2, 0) is 17.5 Å². The maximum atomic E-state index is 11.9. The molecule has 0 aliphatic rings. The van der Waals surface area contributed by atoms with E-state index in [-0.39, 0.29) is 5.97 Å². The lowest BCUT2D eigenvalue weighted by atomic mass is 10.2. The van der Waals surface area contributed by atoms with Crippen molar-refractivity contribution >= 4 is 23.4 Å². The number of nitrogens with two attached hydrogens (primary N) is 1. The van der Waals surface area contributed by atoms with Crippen molar-refractivity contribution in [3.05, 3.63) is 41.2 Å². The Labute approximate surface area is 128 Å². The molecule has 0 spiro atoms. The highest BCUT2D eigenvalue weighted by atomic mass is 32.2. The monoisotopic (exact) mass is 305 g/mol. The molecule has 0 amide bonds. The van der Waals surface area contributed by atoms with Crippen molar-refractivity contribution in [2.45, 2.75) is 24.5 Å². The van der Waals surface area contributed by atoms with Gasteiger partial charge in [-0.3, -0.25) is 4.68 Å². The lowest BCUT2D eigenvalue weighted by Crippen LogP contribution is -2.08. The molecule has 5 nitrogen and oxygen atoms in total. The molecule has 1 aromatic heterocycles. The van der Waals surface area contributed by atoms with Crippen LogP contribution in [0, 0.1) is 6.92 Å². The number of carbonyl (C=O) groups is 1. The Hall–Kier alpha value is -1.95. The summed E-state index contributed by atoms with van der Waals surface area (Å²) < 4.78 is 6.76. The van der Waals surface area contributed by atoms with E-state index in [4.69, 9.17) is 10.5 Å². The highest BCUT2D eigenvalue weighted by Gasteiger charge is 2.17. The van der Waals surface area contributed by atoms with Crippen LogP contribution in [-0.4, -0.2) is 22.4 Å². The molecule has 0 saturated carbocycles. The number of nitrogens with zero attached hydrogens (tertiary/aromatic N) is 2. The number of rotatable bonds is 5. The number of carbonyl (C=O) groups excluding carboxylic acids is 1. The normalized spacial score (nSPS) is 10.6. The molecular formula is C15H19N3O2S. The molecule has 0 bridgehead atoms. The number of anilines is 1. The molecule has 21 heavy (non-hydrogen) atoms. The Balaban J connectivity index is 2.14. The first kappa shape index (κ1) is 15.4. The number of aromatic nitrogens is 2. The van der Waals surface area contributed by atoms with Crippen LogP contribution >= 0.6 is 11.8 Å². The maximum Gasteiger partial charge on any atom is 0.341 e. The van der Waals surface area contributed by atoms with E-state index in [1.165, 1.54) is 0 Å². The number of benzene rings is 1. The van der Waals surface area contributed by atoms with Gasteiger partial charge in [-0.05, 0) is 37.6 Å². The summed E-state index contributed by atoms with van der Waals surface area (Å²) in [6.45, 7) is 4.13. The Kier molecular flexibility index (Phi) is 4.90. The molecule has 0 atom stereocenters. The summed E-state index contributed by atoms with van der Waals surface area (Å²) >= 11 is 1.64. The zero-order valence-electron chi connectivity index (χ0n) is 12.4. The molecule has 0 aliphatic carbocycles. The number of ether oxygens (including phenoxy) is 1. The summed E-state index contributed by atoms with van der Waals surface area (Å²) in [5, 5.41) is 4.15. The van der Waals surface area contributed by atoms with Crippen molar-refractivity contribution in [3.8, 4) is 0 Å². The van der Waals surface area contributed by atoms with Gasteiger partial charge in [0.15, 0.2) is 0 Å². The van der Waals surface area contributed by atoms with Crippen LogP contribution in [0.4, 0.5) is 5.69 Å². The van der Waals surface area contributed by atoms with Crippen molar-refractivity contribution in [1.82, 2.24) is 9.78 Å². The Morgan fingerprint density at radius 1 is 1.48 bits per heavy atom. The van der Waals surface area contributed by atoms with Gasteiger partial charge >= 0.3 is 5.97 Å². The SMILES string of the molecule is CCOC(=O)c1cnn(C)c1CSc1ccc(N)c(C)c1. The molecule has 0 saturated heterocycles. The molecule has 1 aromatic carbocycles. The minimum Gasteiger partial charge on any atom is -0.462 e. The number of hydrogen-bond acceptors (Lipinski definition) is 5. The summed E-state index contributed by atoms with van der Waals surface area (Å²) in [7, 11) is 1.83. The van der Waals surface area contributed by atoms with Gasteiger partial charge in [-0.2, -0.15) is 5.10 Å². The third kappa shape index (κ3) is 3.58. The first-order chi connectivity index (χ1) is 10.0. The highest BCUT2D eigenvalue weighted by molar-refractivity contribution is 7.98. The average Bonchev–Trinajstić information content (AvgIpc) is 2.82. The zero-order chi connectivity index (χ0) is 15.4. The van der Waals surface area contributed by atoms with Gasteiger partial charge in [0.2, 0.25) is 0 Å². The first-order valence-electron chi connectivity index (χ1n) is 6.69. The van der Waals surface area contributed by atoms with E-state index in [0.717, 1.165) is 21.8 Å². The van der Waals surface area contributed by atoms with Crippen molar-refractivity contribution in [2.24, 2.45) is 7.05 Å². The smallest absolute Gasteiger partial charge is 0.341 e. The largest absolute Gasteiger partial charge is 0.462 e. The van der Waals surface area contributed by atoms with Gasteiger partial charge < -0.3 is 10.5 Å². The standard InChI is InChI=1S/C15H19N3O2S/c1-4-20-15(19)12-8-17-18(3)14(12)9-21-11-5-6-13(16)10(2)7-11/h5-8H,4,9,16H2,1-3H3. The molecule has 0 radical (unpaired) electrons. The van der Waals surface area contributed by atoms with Crippen molar-refractivity contribution in [1.29, 1.82) is 0 Å². The third-order valence-electron chi connectivity index (χ3n) is 3.17. The topological polar surface area (TPSA) is 70.1 Å². The minimum atomic E-state index is -0.324. The Morgan fingerprint density at radius 3 is 2.90 bits per heavy atom. The lowest BCUT2D eigenvalue weighted by molar-refractivity contribution is 0.0525. The molecule has 0 aliphatic heterocycles. The molecular weight excluding hydrogens is 286 g/mol. The van der Waals surface area contributed by atoms with E-state index < -0.39 is 0 Å². The fraction of sp³-hybridized carbons (Fsp3) is 0.333. The van der Waals surface area contributed by atoms with Crippen LogP contribution in [0.15, 0.2) is 29.3 Å². The van der Waals surface area contributed by atoms with Gasteiger partial charge in [0.05, 0.1) is 18.5 Å². The summed E-state index contributed by atoms with van der Waals surface area (Å²) in [6.07, 6.45) is 1.56. The third-order valence-corrected chi connectivity index (χ3v) is 4.18. The number of hydrogen-bond donors (Lipinski definition) is 1. The van der Waals surface area contributed by atoms with Crippen LogP contribution in [0.3, 0.4) is 0 Å². The molecule has 2 N–H and O–H groups in total. The number of esters is 1. The van der Waals surface area contributed by atoms with E-state index in [1.807, 2.05) is 32.2 Å². The lowest BCUT2D eigenvalue weighted by Gasteiger charge is -2.07. The predicted molar refractivity (Wildman–Crippen MR) is 84.3 cm³/mol. The van der Waals surface area contributed by atoms with Crippen LogP contribution in [0.1, 0.15) is 28.5 Å². The highest BCUT2D eigenvalue weighted by Crippen LogP contribution is 2.27. The molecule has 0 unspecified atom stereocenters. The fourth-order valence-electron chi connectivity index (χ4n) is 1.90. The molecule has 0 fully saturated rings. The van der Waals surface area contributed by atoms with Crippen LogP contribution in [0.2, 0.25) is 0 Å². The Bertz CT molecular complexity index is 652. The van der Waals surface area contributed by atoms with E-state index in [0.29, 0.717) is 17.9 Å². The molecule has 112 valence electrons. The van der Waals surface area contributed by atoms with E-state index in [1.54, 1.807) is 29.6 Å². The number of nitrogen functional groups attached to an aromatic ring is 1. The maximum absolute atomic E-state index is 11.9. The molecule has 2 rings (SSSR count). The fourth-order valence-corrected chi connectivity index (χ4v) is 2.97. The van der Waals surface area contributed by atoms with Gasteiger partial charge in [-0.15, -0.1) is 11.8 Å². The Morgan fingerprint density at radius 2 is 2.24 bits per heavy atom. The number of aryl methyl sites for hydroxylation is 2. The van der Waals surface area contributed by atoms with Gasteiger partial charge in [-0.1, -0.05) is 0 Å². The van der Waals surface area contributed by atoms with Crippen LogP contribution < -0.4 is 5.73 Å². The van der Waals surface area contributed by atoms with Gasteiger partial charge in [0.25, 0.3) is 0 Å². The van der Waals surface area contributed by atoms with Crippen molar-refractivity contribution in [2.75, 3.05) is 12.3 Å². The zero-order valence-corrected chi connectivity index (χ0v) is 13.2. The summed E-state index contributed by atoms with van der Waals surface area (Å²) in [5.74, 6) is 0.322. The minimum absolute atomic E-state index is 0.324. The molecule has 2 aromatic rings. The predicted octanol–water partition coefficient (Wildman–Crippen LogP) is 2.78. The first-order valence-corrected chi connectivity index (χ1v) is 7.68.